The van der Waals surface area contributed by atoms with Gasteiger partial charge in [-0.2, -0.15) is 0 Å². The molecule has 47 heavy (non-hydrogen) atoms. The highest BCUT2D eigenvalue weighted by Gasteiger charge is 2.48. The van der Waals surface area contributed by atoms with Crippen LogP contribution in [0.1, 0.15) is 22.3 Å². The van der Waals surface area contributed by atoms with E-state index in [4.69, 9.17) is 42.6 Å². The second kappa shape index (κ2) is 17.8. The Kier molecular flexibility index (Phi) is 13.0. The van der Waals surface area contributed by atoms with Crippen molar-refractivity contribution in [3.63, 3.8) is 0 Å². The summed E-state index contributed by atoms with van der Waals surface area (Å²) < 4.78 is 54.5. The summed E-state index contributed by atoms with van der Waals surface area (Å²) in [4.78, 5) is 0. The molecule has 0 N–H and O–H groups in total. The molecule has 9 heteroatoms. The van der Waals surface area contributed by atoms with Crippen molar-refractivity contribution in [2.45, 2.75) is 57.1 Å². The van der Waals surface area contributed by atoms with Crippen molar-refractivity contribution in [2.24, 2.45) is 0 Å². The third-order valence-electron chi connectivity index (χ3n) is 8.02. The van der Waals surface area contributed by atoms with Crippen molar-refractivity contribution in [3.05, 3.63) is 125 Å². The van der Waals surface area contributed by atoms with Crippen LogP contribution in [0.3, 0.4) is 0 Å². The molecule has 0 saturated carbocycles. The summed E-state index contributed by atoms with van der Waals surface area (Å²) >= 11 is 0. The molecular weight excluding hydrogens is 600 g/mol. The minimum atomic E-state index is -0.736. The molecule has 0 bridgehead atoms. The number of methoxy groups -OCH3 is 4. The van der Waals surface area contributed by atoms with Gasteiger partial charge in [-0.3, -0.25) is 0 Å². The van der Waals surface area contributed by atoms with E-state index in [1.165, 1.54) is 0 Å². The van der Waals surface area contributed by atoms with E-state index in [2.05, 4.69) is 0 Å². The Morgan fingerprint density at radius 2 is 0.894 bits per heavy atom. The van der Waals surface area contributed by atoms with E-state index in [-0.39, 0.29) is 6.61 Å². The average molecular weight is 645 g/mol. The summed E-state index contributed by atoms with van der Waals surface area (Å²) in [6.07, 6.45) is -2.99. The maximum absolute atomic E-state index is 6.70. The maximum Gasteiger partial charge on any atom is 0.186 e. The van der Waals surface area contributed by atoms with Crippen LogP contribution in [0.5, 0.6) is 17.2 Å². The van der Waals surface area contributed by atoms with Crippen molar-refractivity contribution >= 4 is 0 Å². The average Bonchev–Trinajstić information content (AvgIpc) is 3.13. The number of benzene rings is 4. The van der Waals surface area contributed by atoms with Crippen molar-refractivity contribution in [2.75, 3.05) is 35.0 Å². The fourth-order valence-corrected chi connectivity index (χ4v) is 5.38. The molecule has 5 atom stereocenters. The Bertz CT molecular complexity index is 1450. The largest absolute Gasteiger partial charge is 0.497 e. The standard InChI is InChI=1S/C38H44O9/c1-39-31-16-10-28(11-17-31)23-44-35-34(26-43-22-27-8-6-5-7-9-27)47-38(42-4)37(46-25-30-14-20-33(41-3)21-15-30)36(35)45-24-29-12-18-32(40-2)19-13-29/h5-21,34-38H,22-26H2,1-4H3. The van der Waals surface area contributed by atoms with Gasteiger partial charge in [-0.25, -0.2) is 0 Å². The zero-order valence-electron chi connectivity index (χ0n) is 27.4. The summed E-state index contributed by atoms with van der Waals surface area (Å²) in [7, 11) is 6.54. The molecule has 0 aromatic heterocycles. The minimum Gasteiger partial charge on any atom is -0.497 e. The van der Waals surface area contributed by atoms with Gasteiger partial charge in [-0.15, -0.1) is 0 Å². The molecule has 5 unspecified atom stereocenters. The van der Waals surface area contributed by atoms with E-state index in [0.717, 1.165) is 39.5 Å². The lowest BCUT2D eigenvalue weighted by Crippen LogP contribution is -2.61. The Morgan fingerprint density at radius 1 is 0.468 bits per heavy atom. The molecule has 0 aliphatic carbocycles. The molecular formula is C38H44O9. The van der Waals surface area contributed by atoms with Gasteiger partial charge in [0.2, 0.25) is 0 Å². The normalized spacial score (nSPS) is 20.9. The van der Waals surface area contributed by atoms with Crippen LogP contribution >= 0.6 is 0 Å². The van der Waals surface area contributed by atoms with Crippen LogP contribution in [0, 0.1) is 0 Å². The van der Waals surface area contributed by atoms with Gasteiger partial charge in [0, 0.05) is 7.11 Å². The first-order valence-electron chi connectivity index (χ1n) is 15.6. The summed E-state index contributed by atoms with van der Waals surface area (Å²) in [5.41, 5.74) is 3.99. The van der Waals surface area contributed by atoms with Gasteiger partial charge in [-0.05, 0) is 58.7 Å². The van der Waals surface area contributed by atoms with Crippen LogP contribution in [-0.4, -0.2) is 65.8 Å². The smallest absolute Gasteiger partial charge is 0.186 e. The number of rotatable bonds is 17. The van der Waals surface area contributed by atoms with Crippen LogP contribution < -0.4 is 14.2 Å². The molecule has 0 spiro atoms. The summed E-state index contributed by atoms with van der Waals surface area (Å²) in [6, 6.07) is 33.3. The van der Waals surface area contributed by atoms with E-state index in [9.17, 15) is 0 Å². The third-order valence-corrected chi connectivity index (χ3v) is 8.02. The quantitative estimate of drug-likeness (QED) is 0.131. The predicted molar refractivity (Wildman–Crippen MR) is 176 cm³/mol. The SMILES string of the molecule is COc1ccc(COC2C(COCc3ccccc3)OC(OC)C(OCc3ccc(OC)cc3)C2OCc2ccc(OC)cc2)cc1. The highest BCUT2D eigenvalue weighted by Crippen LogP contribution is 2.32. The summed E-state index contributed by atoms with van der Waals surface area (Å²) in [5.74, 6) is 2.32. The van der Waals surface area contributed by atoms with Crippen molar-refractivity contribution < 1.29 is 42.6 Å². The fraction of sp³-hybridized carbons (Fsp3) is 0.368. The van der Waals surface area contributed by atoms with Crippen LogP contribution in [0.25, 0.3) is 0 Å². The molecule has 1 aliphatic rings. The van der Waals surface area contributed by atoms with Crippen molar-refractivity contribution in [1.82, 2.24) is 0 Å². The minimum absolute atomic E-state index is 0.260. The Labute approximate surface area is 277 Å². The van der Waals surface area contributed by atoms with Gasteiger partial charge in [0.05, 0.1) is 54.4 Å². The van der Waals surface area contributed by atoms with Crippen LogP contribution in [-0.2, 0) is 54.8 Å². The topological polar surface area (TPSA) is 83.1 Å². The van der Waals surface area contributed by atoms with Gasteiger partial charge in [0.15, 0.2) is 6.29 Å². The van der Waals surface area contributed by atoms with Gasteiger partial charge in [0.25, 0.3) is 0 Å². The molecule has 1 saturated heterocycles. The lowest BCUT2D eigenvalue weighted by Gasteiger charge is -2.45. The third kappa shape index (κ3) is 9.77. The Morgan fingerprint density at radius 3 is 1.34 bits per heavy atom. The Hall–Kier alpha value is -3.96. The van der Waals surface area contributed by atoms with Crippen molar-refractivity contribution in [3.8, 4) is 17.2 Å². The fourth-order valence-electron chi connectivity index (χ4n) is 5.38. The summed E-state index contributed by atoms with van der Waals surface area (Å²) in [6.45, 7) is 1.63. The zero-order chi connectivity index (χ0) is 32.8. The molecule has 9 nitrogen and oxygen atoms in total. The van der Waals surface area contributed by atoms with E-state index >= 15 is 0 Å². The molecule has 4 aromatic carbocycles. The van der Waals surface area contributed by atoms with Gasteiger partial charge < -0.3 is 42.6 Å². The van der Waals surface area contributed by atoms with Crippen LogP contribution in [0.15, 0.2) is 103 Å². The van der Waals surface area contributed by atoms with E-state index < -0.39 is 30.7 Å². The van der Waals surface area contributed by atoms with Crippen LogP contribution in [0.2, 0.25) is 0 Å². The van der Waals surface area contributed by atoms with Gasteiger partial charge >= 0.3 is 0 Å². The van der Waals surface area contributed by atoms with E-state index in [1.54, 1.807) is 28.4 Å². The highest BCUT2D eigenvalue weighted by molar-refractivity contribution is 5.28. The Balaban J connectivity index is 1.40. The monoisotopic (exact) mass is 644 g/mol. The molecule has 5 rings (SSSR count). The van der Waals surface area contributed by atoms with Crippen LogP contribution in [0.4, 0.5) is 0 Å². The summed E-state index contributed by atoms with van der Waals surface area (Å²) in [5, 5.41) is 0. The number of ether oxygens (including phenoxy) is 9. The molecule has 250 valence electrons. The maximum atomic E-state index is 6.70. The zero-order valence-corrected chi connectivity index (χ0v) is 27.4. The first-order chi connectivity index (χ1) is 23.1. The molecule has 1 aliphatic heterocycles. The van der Waals surface area contributed by atoms with Gasteiger partial charge in [-0.1, -0.05) is 66.7 Å². The first-order valence-corrected chi connectivity index (χ1v) is 15.6. The molecule has 1 fully saturated rings. The molecule has 0 radical (unpaired) electrons. The second-order valence-corrected chi connectivity index (χ2v) is 11.2. The molecule has 4 aromatic rings. The van der Waals surface area contributed by atoms with E-state index in [1.807, 2.05) is 103 Å². The number of hydrogen-bond donors (Lipinski definition) is 0. The first kappa shape index (κ1) is 34.4. The second-order valence-electron chi connectivity index (χ2n) is 11.2. The molecule has 0 amide bonds. The highest BCUT2D eigenvalue weighted by atomic mass is 16.7. The van der Waals surface area contributed by atoms with Crippen molar-refractivity contribution in [1.29, 1.82) is 0 Å². The van der Waals surface area contributed by atoms with Gasteiger partial charge in [0.1, 0.15) is 41.7 Å². The predicted octanol–water partition coefficient (Wildman–Crippen LogP) is 6.36. The van der Waals surface area contributed by atoms with E-state index in [0.29, 0.717) is 26.4 Å². The lowest BCUT2D eigenvalue weighted by atomic mass is 9.97. The molecule has 1 heterocycles. The number of hydrogen-bond acceptors (Lipinski definition) is 9. The lowest BCUT2D eigenvalue weighted by molar-refractivity contribution is -0.323.